The van der Waals surface area contributed by atoms with Crippen molar-refractivity contribution in [3.8, 4) is 5.75 Å². The summed E-state index contributed by atoms with van der Waals surface area (Å²) in [7, 11) is 1.58. The highest BCUT2D eigenvalue weighted by atomic mass is 16.5. The van der Waals surface area contributed by atoms with E-state index in [2.05, 4.69) is 16.0 Å². The molecule has 158 valence electrons. The van der Waals surface area contributed by atoms with Crippen LogP contribution in [-0.4, -0.2) is 31.3 Å². The van der Waals surface area contributed by atoms with Gasteiger partial charge in [-0.15, -0.1) is 0 Å². The Morgan fingerprint density at radius 3 is 2.10 bits per heavy atom. The molecule has 0 atom stereocenters. The van der Waals surface area contributed by atoms with E-state index in [1.54, 1.807) is 79.9 Å². The van der Waals surface area contributed by atoms with Crippen LogP contribution in [0.1, 0.15) is 27.6 Å². The molecule has 3 aromatic carbocycles. The molecule has 3 rings (SSSR count). The number of Topliss-reactive ketones (excluding diaryl/α,β-unsaturated/α-hetero) is 1. The van der Waals surface area contributed by atoms with Gasteiger partial charge < -0.3 is 20.7 Å². The van der Waals surface area contributed by atoms with E-state index in [4.69, 9.17) is 4.74 Å². The van der Waals surface area contributed by atoms with E-state index in [0.717, 1.165) is 0 Å². The Morgan fingerprint density at radius 1 is 0.806 bits per heavy atom. The largest absolute Gasteiger partial charge is 0.497 e. The Balaban J connectivity index is 1.53. The molecule has 0 aromatic heterocycles. The molecule has 3 N–H and O–H groups in total. The quantitative estimate of drug-likeness (QED) is 0.477. The van der Waals surface area contributed by atoms with Gasteiger partial charge in [-0.2, -0.15) is 0 Å². The van der Waals surface area contributed by atoms with Gasteiger partial charge in [0.2, 0.25) is 5.91 Å². The minimum absolute atomic E-state index is 0.0175. The van der Waals surface area contributed by atoms with Gasteiger partial charge in [0, 0.05) is 22.5 Å². The van der Waals surface area contributed by atoms with Crippen molar-refractivity contribution in [3.63, 3.8) is 0 Å². The van der Waals surface area contributed by atoms with Crippen LogP contribution in [0, 0.1) is 0 Å². The van der Waals surface area contributed by atoms with Crippen LogP contribution in [0.2, 0.25) is 0 Å². The van der Waals surface area contributed by atoms with Gasteiger partial charge in [0.15, 0.2) is 5.78 Å². The summed E-state index contributed by atoms with van der Waals surface area (Å²) in [5.74, 6) is 0.0694. The normalized spacial score (nSPS) is 10.1. The zero-order valence-corrected chi connectivity index (χ0v) is 17.3. The Morgan fingerprint density at radius 2 is 1.45 bits per heavy atom. The van der Waals surface area contributed by atoms with Crippen molar-refractivity contribution >= 4 is 34.7 Å². The maximum atomic E-state index is 12.4. The number of benzene rings is 3. The Labute approximate surface area is 180 Å². The van der Waals surface area contributed by atoms with E-state index in [-0.39, 0.29) is 24.1 Å². The second-order valence-corrected chi connectivity index (χ2v) is 6.76. The van der Waals surface area contributed by atoms with Crippen LogP contribution in [0.4, 0.5) is 17.1 Å². The van der Waals surface area contributed by atoms with E-state index in [9.17, 15) is 14.4 Å². The van der Waals surface area contributed by atoms with E-state index in [1.165, 1.54) is 6.92 Å². The highest BCUT2D eigenvalue weighted by molar-refractivity contribution is 6.05. The first kappa shape index (κ1) is 21.6. The van der Waals surface area contributed by atoms with E-state index in [0.29, 0.717) is 33.9 Å². The number of methoxy groups -OCH3 is 1. The molecule has 0 aliphatic heterocycles. The number of anilines is 3. The number of hydrogen-bond acceptors (Lipinski definition) is 5. The number of amides is 2. The number of carbonyl (C=O) groups is 3. The highest BCUT2D eigenvalue weighted by Crippen LogP contribution is 2.17. The summed E-state index contributed by atoms with van der Waals surface area (Å²) in [4.78, 5) is 36.3. The number of carbonyl (C=O) groups excluding carboxylic acids is 3. The molecule has 0 bridgehead atoms. The lowest BCUT2D eigenvalue weighted by Crippen LogP contribution is -2.22. The average molecular weight is 417 g/mol. The van der Waals surface area contributed by atoms with Gasteiger partial charge in [-0.25, -0.2) is 0 Å². The topological polar surface area (TPSA) is 96.5 Å². The van der Waals surface area contributed by atoms with Crippen LogP contribution in [0.5, 0.6) is 5.75 Å². The molecule has 7 heteroatoms. The molecule has 0 aliphatic carbocycles. The minimum Gasteiger partial charge on any atom is -0.497 e. The molecule has 0 saturated heterocycles. The van der Waals surface area contributed by atoms with Crippen LogP contribution in [-0.2, 0) is 4.79 Å². The number of rotatable bonds is 8. The monoisotopic (exact) mass is 417 g/mol. The van der Waals surface area contributed by atoms with Crippen LogP contribution in [0.25, 0.3) is 0 Å². The molecule has 0 unspecified atom stereocenters. The third kappa shape index (κ3) is 5.93. The van der Waals surface area contributed by atoms with Crippen molar-refractivity contribution in [2.24, 2.45) is 0 Å². The average Bonchev–Trinajstić information content (AvgIpc) is 2.78. The molecule has 2 amide bonds. The third-order valence-corrected chi connectivity index (χ3v) is 4.53. The fourth-order valence-corrected chi connectivity index (χ4v) is 2.89. The zero-order valence-electron chi connectivity index (χ0n) is 17.3. The number of hydrogen-bond donors (Lipinski definition) is 3. The van der Waals surface area contributed by atoms with Gasteiger partial charge in [0.05, 0.1) is 19.3 Å². The zero-order chi connectivity index (χ0) is 22.2. The second-order valence-electron chi connectivity index (χ2n) is 6.76. The van der Waals surface area contributed by atoms with Crippen LogP contribution < -0.4 is 20.7 Å². The fourth-order valence-electron chi connectivity index (χ4n) is 2.89. The summed E-state index contributed by atoms with van der Waals surface area (Å²) in [6.07, 6.45) is 0. The Bertz CT molecular complexity index is 1080. The molecule has 0 radical (unpaired) electrons. The summed E-state index contributed by atoms with van der Waals surface area (Å²) in [6, 6.07) is 20.7. The Hall–Kier alpha value is -4.13. The van der Waals surface area contributed by atoms with Crippen molar-refractivity contribution in [2.75, 3.05) is 29.6 Å². The van der Waals surface area contributed by atoms with Gasteiger partial charge in [-0.3, -0.25) is 14.4 Å². The van der Waals surface area contributed by atoms with Gasteiger partial charge >= 0.3 is 0 Å². The molecule has 0 aliphatic rings. The maximum Gasteiger partial charge on any atom is 0.255 e. The molecule has 7 nitrogen and oxygen atoms in total. The summed E-state index contributed by atoms with van der Waals surface area (Å²) in [5, 5.41) is 8.55. The molecule has 3 aromatic rings. The fraction of sp³-hybridized carbons (Fsp3) is 0.125. The van der Waals surface area contributed by atoms with Crippen molar-refractivity contribution in [1.82, 2.24) is 0 Å². The highest BCUT2D eigenvalue weighted by Gasteiger charge is 2.10. The molecule has 0 spiro atoms. The second kappa shape index (κ2) is 10.1. The number of nitrogens with one attached hydrogen (secondary N) is 3. The predicted molar refractivity (Wildman–Crippen MR) is 121 cm³/mol. The molecule has 0 fully saturated rings. The summed E-state index contributed by atoms with van der Waals surface area (Å²) < 4.78 is 5.10. The first-order chi connectivity index (χ1) is 15.0. The van der Waals surface area contributed by atoms with Crippen LogP contribution in [0.15, 0.2) is 72.8 Å². The van der Waals surface area contributed by atoms with E-state index in [1.807, 2.05) is 0 Å². The lowest BCUT2D eigenvalue weighted by atomic mass is 10.1. The number of ketones is 1. The van der Waals surface area contributed by atoms with Crippen molar-refractivity contribution in [3.05, 3.63) is 83.9 Å². The number of ether oxygens (including phenoxy) is 1. The SMILES string of the molecule is COc1ccc(NC(=O)c2ccc(NCC(=O)Nc3ccccc3C(C)=O)cc2)cc1. The summed E-state index contributed by atoms with van der Waals surface area (Å²) in [6.45, 7) is 1.47. The maximum absolute atomic E-state index is 12.4. The Kier molecular flexibility index (Phi) is 7.01. The van der Waals surface area contributed by atoms with Gasteiger partial charge in [-0.05, 0) is 67.6 Å². The first-order valence-electron chi connectivity index (χ1n) is 9.65. The summed E-state index contributed by atoms with van der Waals surface area (Å²) in [5.41, 5.74) is 2.78. The standard InChI is InChI=1S/C24H23N3O4/c1-16(28)21-5-3-4-6-22(21)27-23(29)15-25-18-9-7-17(8-10-18)24(30)26-19-11-13-20(31-2)14-12-19/h3-14,25H,15H2,1-2H3,(H,26,30)(H,27,29). The van der Waals surface area contributed by atoms with Crippen molar-refractivity contribution in [1.29, 1.82) is 0 Å². The number of para-hydroxylation sites is 1. The lowest BCUT2D eigenvalue weighted by molar-refractivity contribution is -0.114. The molecular formula is C24H23N3O4. The van der Waals surface area contributed by atoms with Gasteiger partial charge in [0.25, 0.3) is 5.91 Å². The molecule has 0 saturated carbocycles. The third-order valence-electron chi connectivity index (χ3n) is 4.53. The van der Waals surface area contributed by atoms with Gasteiger partial charge in [-0.1, -0.05) is 12.1 Å². The van der Waals surface area contributed by atoms with Crippen molar-refractivity contribution < 1.29 is 19.1 Å². The van der Waals surface area contributed by atoms with Gasteiger partial charge in [0.1, 0.15) is 5.75 Å². The van der Waals surface area contributed by atoms with E-state index >= 15 is 0 Å². The van der Waals surface area contributed by atoms with Crippen LogP contribution in [0.3, 0.4) is 0 Å². The molecule has 0 heterocycles. The molecular weight excluding hydrogens is 394 g/mol. The lowest BCUT2D eigenvalue weighted by Gasteiger charge is -2.11. The van der Waals surface area contributed by atoms with E-state index < -0.39 is 0 Å². The minimum atomic E-state index is -0.282. The summed E-state index contributed by atoms with van der Waals surface area (Å²) >= 11 is 0. The predicted octanol–water partition coefficient (Wildman–Crippen LogP) is 4.20. The smallest absolute Gasteiger partial charge is 0.255 e. The van der Waals surface area contributed by atoms with Crippen LogP contribution >= 0.6 is 0 Å². The van der Waals surface area contributed by atoms with Crippen molar-refractivity contribution in [2.45, 2.75) is 6.92 Å². The first-order valence-corrected chi connectivity index (χ1v) is 9.65. The molecule has 31 heavy (non-hydrogen) atoms.